The zero-order valence-corrected chi connectivity index (χ0v) is 15.0. The second-order valence-electron chi connectivity index (χ2n) is 5.69. The van der Waals surface area contributed by atoms with Gasteiger partial charge in [-0.3, -0.25) is 10.1 Å². The lowest BCUT2D eigenvalue weighted by Gasteiger charge is -2.29. The van der Waals surface area contributed by atoms with Crippen LogP contribution in [0, 0.1) is 10.1 Å². The number of non-ortho nitro benzene ring substituents is 1. The van der Waals surface area contributed by atoms with Gasteiger partial charge in [-0.1, -0.05) is 34.8 Å². The quantitative estimate of drug-likeness (QED) is 0.426. The van der Waals surface area contributed by atoms with Crippen LogP contribution in [0.15, 0.2) is 30.3 Å². The van der Waals surface area contributed by atoms with E-state index in [0.717, 1.165) is 12.1 Å². The average Bonchev–Trinajstić information content (AvgIpc) is 2.96. The summed E-state index contributed by atoms with van der Waals surface area (Å²) in [6, 6.07) is 8.14. The van der Waals surface area contributed by atoms with E-state index in [-0.39, 0.29) is 5.69 Å². The van der Waals surface area contributed by atoms with Gasteiger partial charge in [0, 0.05) is 24.2 Å². The van der Waals surface area contributed by atoms with E-state index in [2.05, 4.69) is 4.98 Å². The number of imidazole rings is 1. The van der Waals surface area contributed by atoms with Crippen molar-refractivity contribution in [3.05, 3.63) is 55.5 Å². The number of anilines is 2. The molecule has 6 nitrogen and oxygen atoms in total. The van der Waals surface area contributed by atoms with Gasteiger partial charge in [-0.2, -0.15) is 0 Å². The van der Waals surface area contributed by atoms with Crippen molar-refractivity contribution in [2.24, 2.45) is 0 Å². The predicted octanol–water partition coefficient (Wildman–Crippen LogP) is 5.45. The first-order valence-electron chi connectivity index (χ1n) is 7.53. The molecule has 0 fully saturated rings. The van der Waals surface area contributed by atoms with Crippen molar-refractivity contribution in [1.82, 2.24) is 9.55 Å². The van der Waals surface area contributed by atoms with Crippen LogP contribution in [0.1, 0.15) is 6.42 Å². The third kappa shape index (κ3) is 2.61. The van der Waals surface area contributed by atoms with Crippen LogP contribution < -0.4 is 4.90 Å². The highest BCUT2D eigenvalue weighted by atomic mass is 35.5. The van der Waals surface area contributed by atoms with Crippen LogP contribution in [-0.2, 0) is 6.54 Å². The molecule has 0 unspecified atom stereocenters. The van der Waals surface area contributed by atoms with Crippen LogP contribution in [0.2, 0.25) is 15.1 Å². The fraction of sp³-hybridized carbons (Fsp3) is 0.188. The Kier molecular flexibility index (Phi) is 3.98. The first kappa shape index (κ1) is 16.4. The van der Waals surface area contributed by atoms with Gasteiger partial charge in [0.15, 0.2) is 5.52 Å². The molecule has 1 aliphatic heterocycles. The molecule has 0 amide bonds. The topological polar surface area (TPSA) is 64.2 Å². The van der Waals surface area contributed by atoms with Gasteiger partial charge in [0.2, 0.25) is 5.95 Å². The summed E-state index contributed by atoms with van der Waals surface area (Å²) in [5, 5.41) is 12.8. The molecule has 2 heterocycles. The lowest BCUT2D eigenvalue weighted by molar-refractivity contribution is -0.383. The Bertz CT molecular complexity index is 1020. The van der Waals surface area contributed by atoms with Gasteiger partial charge in [-0.15, -0.1) is 0 Å². The van der Waals surface area contributed by atoms with Crippen molar-refractivity contribution in [2.75, 3.05) is 11.4 Å². The van der Waals surface area contributed by atoms with E-state index in [1.807, 2.05) is 15.5 Å². The molecule has 0 saturated heterocycles. The second-order valence-corrected chi connectivity index (χ2v) is 6.94. The normalized spacial score (nSPS) is 14.0. The molecule has 9 heteroatoms. The van der Waals surface area contributed by atoms with Gasteiger partial charge >= 0.3 is 0 Å². The maximum atomic E-state index is 11.4. The smallest absolute Gasteiger partial charge is 0.295 e. The second kappa shape index (κ2) is 6.05. The number of halogens is 3. The monoisotopic (exact) mass is 396 g/mol. The number of nitrogens with zero attached hydrogens (tertiary/aromatic N) is 4. The van der Waals surface area contributed by atoms with Crippen molar-refractivity contribution < 1.29 is 4.92 Å². The molecular formula is C16H11Cl3N4O2. The Morgan fingerprint density at radius 1 is 1.08 bits per heavy atom. The van der Waals surface area contributed by atoms with Crippen LogP contribution in [-0.4, -0.2) is 21.0 Å². The number of aromatic nitrogens is 2. The largest absolute Gasteiger partial charge is 0.310 e. The van der Waals surface area contributed by atoms with E-state index < -0.39 is 4.92 Å². The summed E-state index contributed by atoms with van der Waals surface area (Å²) in [5.41, 5.74) is 1.59. The van der Waals surface area contributed by atoms with E-state index in [0.29, 0.717) is 45.1 Å². The van der Waals surface area contributed by atoms with Crippen molar-refractivity contribution in [3.8, 4) is 0 Å². The van der Waals surface area contributed by atoms with Crippen molar-refractivity contribution in [3.63, 3.8) is 0 Å². The standard InChI is InChI=1S/C16H11Cl3N4O2/c17-9-2-4-12(11(19)8-9)21-6-1-7-22-15-13(23(24)25)5-3-10(18)14(15)20-16(21)22/h2-5,8H,1,6-7H2. The SMILES string of the molecule is O=[N+]([O-])c1ccc(Cl)c2nc3n(c12)CCCN3c1ccc(Cl)cc1Cl. The molecule has 0 bridgehead atoms. The molecule has 128 valence electrons. The minimum atomic E-state index is -0.415. The third-order valence-corrected chi connectivity index (χ3v) is 5.05. The van der Waals surface area contributed by atoms with Gasteiger partial charge in [0.05, 0.1) is 20.7 Å². The minimum Gasteiger partial charge on any atom is -0.310 e. The number of aryl methyl sites for hydroxylation is 1. The molecule has 0 aliphatic carbocycles. The lowest BCUT2D eigenvalue weighted by Crippen LogP contribution is -2.28. The molecule has 25 heavy (non-hydrogen) atoms. The molecule has 0 saturated carbocycles. The number of benzene rings is 2. The highest BCUT2D eigenvalue weighted by molar-refractivity contribution is 6.36. The summed E-state index contributed by atoms with van der Waals surface area (Å²) < 4.78 is 1.83. The Morgan fingerprint density at radius 3 is 2.60 bits per heavy atom. The number of hydrogen-bond donors (Lipinski definition) is 0. The van der Waals surface area contributed by atoms with Gasteiger partial charge < -0.3 is 9.47 Å². The molecule has 1 aliphatic rings. The molecule has 1 aromatic heterocycles. The van der Waals surface area contributed by atoms with E-state index >= 15 is 0 Å². The van der Waals surface area contributed by atoms with E-state index in [1.165, 1.54) is 12.1 Å². The Hall–Kier alpha value is -2.02. The molecule has 0 N–H and O–H groups in total. The first-order valence-corrected chi connectivity index (χ1v) is 8.66. The summed E-state index contributed by atoms with van der Waals surface area (Å²) >= 11 is 18.6. The molecule has 2 aromatic carbocycles. The van der Waals surface area contributed by atoms with Gasteiger partial charge in [-0.25, -0.2) is 4.98 Å². The van der Waals surface area contributed by atoms with E-state index in [1.54, 1.807) is 12.1 Å². The van der Waals surface area contributed by atoms with Gasteiger partial charge in [-0.05, 0) is 30.7 Å². The van der Waals surface area contributed by atoms with Gasteiger partial charge in [0.1, 0.15) is 5.52 Å². The number of nitro benzene ring substituents is 1. The zero-order chi connectivity index (χ0) is 17.7. The molecule has 0 atom stereocenters. The summed E-state index contributed by atoms with van der Waals surface area (Å²) in [6.07, 6.45) is 0.793. The molecule has 0 radical (unpaired) electrons. The lowest BCUT2D eigenvalue weighted by atomic mass is 10.2. The predicted molar refractivity (Wildman–Crippen MR) is 99.5 cm³/mol. The van der Waals surface area contributed by atoms with Crippen LogP contribution in [0.25, 0.3) is 11.0 Å². The summed E-state index contributed by atoms with van der Waals surface area (Å²) in [5.74, 6) is 0.585. The molecule has 0 spiro atoms. The summed E-state index contributed by atoms with van der Waals surface area (Å²) in [4.78, 5) is 17.5. The van der Waals surface area contributed by atoms with E-state index in [4.69, 9.17) is 34.8 Å². The fourth-order valence-corrected chi connectivity index (χ4v) is 3.86. The van der Waals surface area contributed by atoms with Crippen molar-refractivity contribution >= 4 is 63.2 Å². The minimum absolute atomic E-state index is 0.0118. The third-order valence-electron chi connectivity index (χ3n) is 4.21. The highest BCUT2D eigenvalue weighted by Gasteiger charge is 2.29. The van der Waals surface area contributed by atoms with Crippen LogP contribution in [0.4, 0.5) is 17.3 Å². The Labute approximate surface area is 157 Å². The van der Waals surface area contributed by atoms with Crippen molar-refractivity contribution in [2.45, 2.75) is 13.0 Å². The summed E-state index contributed by atoms with van der Waals surface area (Å²) in [6.45, 7) is 1.31. The highest BCUT2D eigenvalue weighted by Crippen LogP contribution is 2.40. The average molecular weight is 398 g/mol. The van der Waals surface area contributed by atoms with Gasteiger partial charge in [0.25, 0.3) is 5.69 Å². The van der Waals surface area contributed by atoms with Crippen molar-refractivity contribution in [1.29, 1.82) is 0 Å². The molecule has 3 aromatic rings. The molecular weight excluding hydrogens is 387 g/mol. The first-order chi connectivity index (χ1) is 12.0. The van der Waals surface area contributed by atoms with Crippen LogP contribution in [0.3, 0.4) is 0 Å². The maximum absolute atomic E-state index is 11.4. The number of rotatable bonds is 2. The maximum Gasteiger partial charge on any atom is 0.295 e. The van der Waals surface area contributed by atoms with E-state index in [9.17, 15) is 10.1 Å². The van der Waals surface area contributed by atoms with Crippen LogP contribution in [0.5, 0.6) is 0 Å². The number of hydrogen-bond acceptors (Lipinski definition) is 4. The Morgan fingerprint density at radius 2 is 1.88 bits per heavy atom. The Balaban J connectivity index is 1.97. The fourth-order valence-electron chi connectivity index (χ4n) is 3.16. The van der Waals surface area contributed by atoms with Crippen LogP contribution >= 0.6 is 34.8 Å². The zero-order valence-electron chi connectivity index (χ0n) is 12.7. The number of nitro groups is 1. The molecule has 4 rings (SSSR count). The number of fused-ring (bicyclic) bond motifs is 3. The summed E-state index contributed by atoms with van der Waals surface area (Å²) in [7, 11) is 0.